The zero-order valence-electron chi connectivity index (χ0n) is 9.80. The van der Waals surface area contributed by atoms with E-state index in [2.05, 4.69) is 30.8 Å². The lowest BCUT2D eigenvalue weighted by molar-refractivity contribution is 0.592. The molecule has 1 aliphatic rings. The second kappa shape index (κ2) is 4.29. The number of anilines is 1. The Balaban J connectivity index is 2.04. The summed E-state index contributed by atoms with van der Waals surface area (Å²) in [5.74, 6) is 1.02. The first-order valence-corrected chi connectivity index (χ1v) is 6.82. The SMILES string of the molecule is Cn1cnc2c(N3CCCC(Br)C3)nccc21. The van der Waals surface area contributed by atoms with Crippen LogP contribution in [0.1, 0.15) is 12.8 Å². The molecule has 0 saturated carbocycles. The van der Waals surface area contributed by atoms with Gasteiger partial charge in [-0.1, -0.05) is 15.9 Å². The van der Waals surface area contributed by atoms with Crippen LogP contribution >= 0.6 is 15.9 Å². The largest absolute Gasteiger partial charge is 0.354 e. The lowest BCUT2D eigenvalue weighted by Gasteiger charge is -2.30. The van der Waals surface area contributed by atoms with Crippen LogP contribution in [0, 0.1) is 0 Å². The van der Waals surface area contributed by atoms with Crippen molar-refractivity contribution in [3.8, 4) is 0 Å². The Morgan fingerprint density at radius 3 is 3.12 bits per heavy atom. The molecule has 90 valence electrons. The smallest absolute Gasteiger partial charge is 0.156 e. The van der Waals surface area contributed by atoms with Crippen LogP contribution in [0.4, 0.5) is 5.82 Å². The van der Waals surface area contributed by atoms with Crippen molar-refractivity contribution in [1.29, 1.82) is 0 Å². The molecule has 0 aliphatic carbocycles. The molecule has 1 aliphatic heterocycles. The van der Waals surface area contributed by atoms with E-state index in [1.54, 1.807) is 0 Å². The summed E-state index contributed by atoms with van der Waals surface area (Å²) in [5.41, 5.74) is 2.16. The first-order chi connectivity index (χ1) is 8.25. The van der Waals surface area contributed by atoms with Crippen molar-refractivity contribution in [3.63, 3.8) is 0 Å². The van der Waals surface area contributed by atoms with Gasteiger partial charge in [0.15, 0.2) is 5.82 Å². The topological polar surface area (TPSA) is 34.0 Å². The normalized spacial score (nSPS) is 21.1. The van der Waals surface area contributed by atoms with Crippen LogP contribution in [0.5, 0.6) is 0 Å². The van der Waals surface area contributed by atoms with Crippen LogP contribution < -0.4 is 4.90 Å². The molecule has 1 unspecified atom stereocenters. The first-order valence-electron chi connectivity index (χ1n) is 5.91. The van der Waals surface area contributed by atoms with Crippen molar-refractivity contribution in [2.24, 2.45) is 7.05 Å². The van der Waals surface area contributed by atoms with Gasteiger partial charge in [-0.2, -0.15) is 0 Å². The van der Waals surface area contributed by atoms with Gasteiger partial charge in [0.2, 0.25) is 0 Å². The molecule has 0 amide bonds. The molecule has 5 heteroatoms. The van der Waals surface area contributed by atoms with Gasteiger partial charge >= 0.3 is 0 Å². The number of rotatable bonds is 1. The molecule has 4 nitrogen and oxygen atoms in total. The van der Waals surface area contributed by atoms with Crippen molar-refractivity contribution >= 4 is 32.8 Å². The molecule has 0 radical (unpaired) electrons. The van der Waals surface area contributed by atoms with Gasteiger partial charge in [-0.15, -0.1) is 0 Å². The molecule has 2 aromatic rings. The van der Waals surface area contributed by atoms with E-state index < -0.39 is 0 Å². The number of imidazole rings is 1. The molecular formula is C12H15BrN4. The molecule has 0 N–H and O–H groups in total. The van der Waals surface area contributed by atoms with E-state index in [1.807, 2.05) is 30.2 Å². The summed E-state index contributed by atoms with van der Waals surface area (Å²) >= 11 is 3.70. The van der Waals surface area contributed by atoms with E-state index >= 15 is 0 Å². The second-order valence-electron chi connectivity index (χ2n) is 4.54. The maximum atomic E-state index is 4.51. The Kier molecular flexibility index (Phi) is 2.78. The van der Waals surface area contributed by atoms with Crippen molar-refractivity contribution in [2.75, 3.05) is 18.0 Å². The summed E-state index contributed by atoms with van der Waals surface area (Å²) < 4.78 is 2.04. The van der Waals surface area contributed by atoms with Gasteiger partial charge in [0.25, 0.3) is 0 Å². The van der Waals surface area contributed by atoms with Gasteiger partial charge in [-0.25, -0.2) is 9.97 Å². The molecule has 0 aromatic carbocycles. The number of hydrogen-bond donors (Lipinski definition) is 0. The zero-order chi connectivity index (χ0) is 11.8. The van der Waals surface area contributed by atoms with Gasteiger partial charge in [-0.05, 0) is 18.9 Å². The summed E-state index contributed by atoms with van der Waals surface area (Å²) in [6.07, 6.45) is 6.18. The van der Waals surface area contributed by atoms with Crippen LogP contribution in [-0.2, 0) is 7.05 Å². The molecule has 3 heterocycles. The minimum absolute atomic E-state index is 0.567. The van der Waals surface area contributed by atoms with E-state index in [0.29, 0.717) is 4.83 Å². The van der Waals surface area contributed by atoms with Crippen LogP contribution in [0.15, 0.2) is 18.6 Å². The number of piperidine rings is 1. The maximum absolute atomic E-state index is 4.51. The summed E-state index contributed by atoms with van der Waals surface area (Å²) in [7, 11) is 2.02. The van der Waals surface area contributed by atoms with Crippen molar-refractivity contribution in [1.82, 2.24) is 14.5 Å². The number of nitrogens with zero attached hydrogens (tertiary/aromatic N) is 4. The predicted molar refractivity (Wildman–Crippen MR) is 72.7 cm³/mol. The lowest BCUT2D eigenvalue weighted by atomic mass is 10.1. The van der Waals surface area contributed by atoms with Crippen molar-refractivity contribution in [2.45, 2.75) is 17.7 Å². The summed E-state index contributed by atoms with van der Waals surface area (Å²) in [4.78, 5) is 11.9. The monoisotopic (exact) mass is 294 g/mol. The van der Waals surface area contributed by atoms with Crippen LogP contribution in [0.3, 0.4) is 0 Å². The fourth-order valence-electron chi connectivity index (χ4n) is 2.40. The van der Waals surface area contributed by atoms with Gasteiger partial charge in [0, 0.05) is 31.2 Å². The van der Waals surface area contributed by atoms with Crippen LogP contribution in [0.25, 0.3) is 11.0 Å². The van der Waals surface area contributed by atoms with Gasteiger partial charge in [-0.3, -0.25) is 0 Å². The maximum Gasteiger partial charge on any atom is 0.156 e. The van der Waals surface area contributed by atoms with E-state index in [9.17, 15) is 0 Å². The minimum Gasteiger partial charge on any atom is -0.354 e. The third-order valence-electron chi connectivity index (χ3n) is 3.29. The molecule has 17 heavy (non-hydrogen) atoms. The molecule has 1 fully saturated rings. The fourth-order valence-corrected chi connectivity index (χ4v) is 3.07. The summed E-state index contributed by atoms with van der Waals surface area (Å²) in [5, 5.41) is 0. The quantitative estimate of drug-likeness (QED) is 0.757. The number of pyridine rings is 1. The second-order valence-corrected chi connectivity index (χ2v) is 5.84. The first kappa shape index (κ1) is 11.0. The molecular weight excluding hydrogens is 280 g/mol. The molecule has 3 rings (SSSR count). The Morgan fingerprint density at radius 2 is 2.29 bits per heavy atom. The van der Waals surface area contributed by atoms with Gasteiger partial charge in [0.05, 0.1) is 11.8 Å². The highest BCUT2D eigenvalue weighted by Gasteiger charge is 2.21. The Hall–Kier alpha value is -1.10. The third-order valence-corrected chi connectivity index (χ3v) is 4.03. The van der Waals surface area contributed by atoms with Crippen LogP contribution in [-0.4, -0.2) is 32.5 Å². The molecule has 1 saturated heterocycles. The average molecular weight is 295 g/mol. The predicted octanol–water partition coefficient (Wildman–Crippen LogP) is 2.33. The summed E-state index contributed by atoms with van der Waals surface area (Å²) in [6.45, 7) is 2.09. The van der Waals surface area contributed by atoms with E-state index in [0.717, 1.165) is 29.9 Å². The number of halogens is 1. The highest BCUT2D eigenvalue weighted by Crippen LogP contribution is 2.27. The van der Waals surface area contributed by atoms with Crippen molar-refractivity contribution < 1.29 is 0 Å². The van der Waals surface area contributed by atoms with E-state index in [1.165, 1.54) is 12.8 Å². The minimum atomic E-state index is 0.567. The molecule has 2 aromatic heterocycles. The highest BCUT2D eigenvalue weighted by molar-refractivity contribution is 9.09. The molecule has 1 atom stereocenters. The van der Waals surface area contributed by atoms with E-state index in [4.69, 9.17) is 0 Å². The highest BCUT2D eigenvalue weighted by atomic mass is 79.9. The average Bonchev–Trinajstić information content (AvgIpc) is 2.71. The number of hydrogen-bond acceptors (Lipinski definition) is 3. The van der Waals surface area contributed by atoms with Crippen LogP contribution in [0.2, 0.25) is 0 Å². The number of aromatic nitrogens is 3. The third kappa shape index (κ3) is 1.92. The van der Waals surface area contributed by atoms with E-state index in [-0.39, 0.29) is 0 Å². The molecule has 0 bridgehead atoms. The fraction of sp³-hybridized carbons (Fsp3) is 0.500. The number of aryl methyl sites for hydroxylation is 1. The lowest BCUT2D eigenvalue weighted by Crippen LogP contribution is -2.36. The zero-order valence-corrected chi connectivity index (χ0v) is 11.4. The van der Waals surface area contributed by atoms with Gasteiger partial charge < -0.3 is 9.47 Å². The summed E-state index contributed by atoms with van der Waals surface area (Å²) in [6, 6.07) is 2.02. The Morgan fingerprint density at radius 1 is 1.41 bits per heavy atom. The Labute approximate surface area is 109 Å². The number of alkyl halides is 1. The molecule has 0 spiro atoms. The van der Waals surface area contributed by atoms with Gasteiger partial charge in [0.1, 0.15) is 5.52 Å². The number of fused-ring (bicyclic) bond motifs is 1. The van der Waals surface area contributed by atoms with Crippen molar-refractivity contribution in [3.05, 3.63) is 18.6 Å². The standard InChI is InChI=1S/C12H15BrN4/c1-16-8-15-11-10(16)4-5-14-12(11)17-6-2-3-9(13)7-17/h4-5,8-9H,2-3,6-7H2,1H3. The Bertz CT molecular complexity index is 536.